The fourth-order valence-electron chi connectivity index (χ4n) is 3.02. The van der Waals surface area contributed by atoms with Crippen molar-refractivity contribution in [1.82, 2.24) is 14.5 Å². The maximum atomic E-state index is 5.51. The van der Waals surface area contributed by atoms with Gasteiger partial charge in [-0.05, 0) is 55.8 Å². The van der Waals surface area contributed by atoms with E-state index in [1.54, 1.807) is 0 Å². The van der Waals surface area contributed by atoms with Crippen LogP contribution in [0.5, 0.6) is 0 Å². The van der Waals surface area contributed by atoms with Crippen molar-refractivity contribution in [2.75, 3.05) is 5.75 Å². The van der Waals surface area contributed by atoms with E-state index in [4.69, 9.17) is 12.2 Å². The second kappa shape index (κ2) is 5.29. The molecule has 5 heteroatoms. The molecule has 0 bridgehead atoms. The van der Waals surface area contributed by atoms with Crippen LogP contribution in [0, 0.1) is 11.7 Å². The summed E-state index contributed by atoms with van der Waals surface area (Å²) in [7, 11) is 0. The molecule has 1 aliphatic carbocycles. The summed E-state index contributed by atoms with van der Waals surface area (Å²) in [5.41, 5.74) is 3.34. The van der Waals surface area contributed by atoms with Crippen LogP contribution < -0.4 is 0 Å². The van der Waals surface area contributed by atoms with Crippen molar-refractivity contribution >= 4 is 35.1 Å². The van der Waals surface area contributed by atoms with E-state index in [1.807, 2.05) is 12.3 Å². The van der Waals surface area contributed by atoms with Gasteiger partial charge in [0.05, 0.1) is 5.52 Å². The normalized spacial score (nSPS) is 23.3. The zero-order valence-corrected chi connectivity index (χ0v) is 13.0. The molecule has 0 aliphatic heterocycles. The van der Waals surface area contributed by atoms with Crippen LogP contribution in [-0.2, 0) is 0 Å². The molecule has 2 unspecified atom stereocenters. The fraction of sp³-hybridized carbons (Fsp3) is 0.571. The van der Waals surface area contributed by atoms with Gasteiger partial charge in [-0.15, -0.1) is 0 Å². The minimum Gasteiger partial charge on any atom is -0.329 e. The number of imidazole rings is 1. The molecule has 1 saturated carbocycles. The average Bonchev–Trinajstić information content (AvgIpc) is 2.94. The number of hydrogen-bond donors (Lipinski definition) is 1. The lowest BCUT2D eigenvalue weighted by molar-refractivity contribution is 0.524. The zero-order chi connectivity index (χ0) is 13.4. The predicted molar refractivity (Wildman–Crippen MR) is 84.5 cm³/mol. The smallest absolute Gasteiger partial charge is 0.179 e. The molecule has 0 saturated heterocycles. The van der Waals surface area contributed by atoms with Gasteiger partial charge < -0.3 is 4.98 Å². The van der Waals surface area contributed by atoms with E-state index in [2.05, 4.69) is 40.1 Å². The van der Waals surface area contributed by atoms with E-state index in [0.717, 1.165) is 21.2 Å². The Kier molecular flexibility index (Phi) is 3.67. The van der Waals surface area contributed by atoms with Gasteiger partial charge in [-0.25, -0.2) is 4.98 Å². The zero-order valence-electron chi connectivity index (χ0n) is 11.3. The van der Waals surface area contributed by atoms with Crippen LogP contribution in [0.25, 0.3) is 11.2 Å². The van der Waals surface area contributed by atoms with E-state index in [9.17, 15) is 0 Å². The summed E-state index contributed by atoms with van der Waals surface area (Å²) in [4.78, 5) is 7.86. The lowest BCUT2D eigenvalue weighted by atomic mass is 10.2. The third-order valence-corrected chi connectivity index (χ3v) is 5.47. The summed E-state index contributed by atoms with van der Waals surface area (Å²) in [6.45, 7) is 4.34. The maximum Gasteiger partial charge on any atom is 0.179 e. The molecule has 2 aromatic heterocycles. The third-order valence-electron chi connectivity index (χ3n) is 3.94. The van der Waals surface area contributed by atoms with Crippen LogP contribution in [0.3, 0.4) is 0 Å². The molecule has 2 atom stereocenters. The van der Waals surface area contributed by atoms with E-state index in [1.165, 1.54) is 30.6 Å². The molecular formula is C14H19N3S2. The molecule has 1 N–H and O–H groups in total. The van der Waals surface area contributed by atoms with E-state index in [-0.39, 0.29) is 0 Å². The first kappa shape index (κ1) is 13.2. The van der Waals surface area contributed by atoms with Crippen molar-refractivity contribution < 1.29 is 0 Å². The monoisotopic (exact) mass is 293 g/mol. The molecule has 3 rings (SSSR count). The Hall–Kier alpha value is -0.810. The van der Waals surface area contributed by atoms with Gasteiger partial charge in [-0.3, -0.25) is 4.57 Å². The van der Waals surface area contributed by atoms with Gasteiger partial charge in [0.1, 0.15) is 0 Å². The molecule has 1 fully saturated rings. The lowest BCUT2D eigenvalue weighted by Gasteiger charge is -2.13. The number of thioether (sulfide) groups is 1. The van der Waals surface area contributed by atoms with Gasteiger partial charge in [0.2, 0.25) is 0 Å². The van der Waals surface area contributed by atoms with Crippen molar-refractivity contribution in [1.29, 1.82) is 0 Å². The van der Waals surface area contributed by atoms with Gasteiger partial charge >= 0.3 is 0 Å². The Morgan fingerprint density at radius 2 is 2.37 bits per heavy atom. The van der Waals surface area contributed by atoms with Crippen LogP contribution >= 0.6 is 24.0 Å². The van der Waals surface area contributed by atoms with E-state index in [0.29, 0.717) is 6.04 Å². The Bertz CT molecular complexity index is 644. The highest BCUT2D eigenvalue weighted by Gasteiger charge is 2.27. The van der Waals surface area contributed by atoms with Gasteiger partial charge in [0.25, 0.3) is 0 Å². The predicted octanol–water partition coefficient (Wildman–Crippen LogP) is 4.25. The Balaban J connectivity index is 2.00. The molecule has 2 aromatic rings. The summed E-state index contributed by atoms with van der Waals surface area (Å²) < 4.78 is 3.07. The summed E-state index contributed by atoms with van der Waals surface area (Å²) in [5.74, 6) is 1.20. The molecule has 0 amide bonds. The molecule has 0 radical (unpaired) electrons. The maximum absolute atomic E-state index is 5.51. The molecule has 0 spiro atoms. The highest BCUT2D eigenvalue weighted by Crippen LogP contribution is 2.38. The molecule has 1 aliphatic rings. The molecule has 3 nitrogen and oxygen atoms in total. The Morgan fingerprint density at radius 3 is 3.16 bits per heavy atom. The number of nitrogens with one attached hydrogen (secondary N) is 1. The van der Waals surface area contributed by atoms with Crippen molar-refractivity contribution in [2.24, 2.45) is 0 Å². The van der Waals surface area contributed by atoms with Gasteiger partial charge in [0.15, 0.2) is 10.4 Å². The number of aromatic nitrogens is 3. The van der Waals surface area contributed by atoms with Crippen LogP contribution in [-0.4, -0.2) is 25.5 Å². The standard InChI is InChI=1S/C14H19N3S2/c1-3-19-11-5-4-10(8-11)17-13-12(16-14(17)18)9(2)6-7-15-13/h6-7,10-11H,3-5,8H2,1-2H3,(H,16,18). The number of aromatic amines is 1. The summed E-state index contributed by atoms with van der Waals surface area (Å²) in [6, 6.07) is 2.54. The largest absolute Gasteiger partial charge is 0.329 e. The Morgan fingerprint density at radius 1 is 1.53 bits per heavy atom. The van der Waals surface area contributed by atoms with E-state index >= 15 is 0 Å². The minimum atomic E-state index is 0.514. The van der Waals surface area contributed by atoms with Crippen molar-refractivity contribution in [2.45, 2.75) is 44.4 Å². The van der Waals surface area contributed by atoms with Crippen LogP contribution in [0.1, 0.15) is 37.8 Å². The highest BCUT2D eigenvalue weighted by atomic mass is 32.2. The second-order valence-electron chi connectivity index (χ2n) is 5.17. The summed E-state index contributed by atoms with van der Waals surface area (Å²) >= 11 is 7.59. The molecular weight excluding hydrogens is 274 g/mol. The van der Waals surface area contributed by atoms with E-state index < -0.39 is 0 Å². The SMILES string of the molecule is CCSC1CCC(n2c(=S)[nH]c3c(C)ccnc32)C1. The fourth-order valence-corrected chi connectivity index (χ4v) is 4.49. The number of rotatable bonds is 3. The van der Waals surface area contributed by atoms with Gasteiger partial charge in [-0.1, -0.05) is 6.92 Å². The topological polar surface area (TPSA) is 33.6 Å². The number of aryl methyl sites for hydroxylation is 1. The lowest BCUT2D eigenvalue weighted by Crippen LogP contribution is -2.07. The minimum absolute atomic E-state index is 0.514. The number of nitrogens with zero attached hydrogens (tertiary/aromatic N) is 2. The van der Waals surface area contributed by atoms with Gasteiger partial charge in [-0.2, -0.15) is 11.8 Å². The van der Waals surface area contributed by atoms with Crippen molar-refractivity contribution in [3.05, 3.63) is 22.6 Å². The molecule has 102 valence electrons. The van der Waals surface area contributed by atoms with Crippen molar-refractivity contribution in [3.8, 4) is 0 Å². The van der Waals surface area contributed by atoms with Gasteiger partial charge in [0, 0.05) is 17.5 Å². The quantitative estimate of drug-likeness (QED) is 0.859. The van der Waals surface area contributed by atoms with Crippen molar-refractivity contribution in [3.63, 3.8) is 0 Å². The first-order valence-corrected chi connectivity index (χ1v) is 8.33. The third kappa shape index (κ3) is 2.34. The number of hydrogen-bond acceptors (Lipinski definition) is 3. The molecule has 19 heavy (non-hydrogen) atoms. The first-order valence-electron chi connectivity index (χ1n) is 6.88. The van der Waals surface area contributed by atoms with Crippen LogP contribution in [0.15, 0.2) is 12.3 Å². The van der Waals surface area contributed by atoms with Crippen LogP contribution in [0.4, 0.5) is 0 Å². The second-order valence-corrected chi connectivity index (χ2v) is 7.13. The summed E-state index contributed by atoms with van der Waals surface area (Å²) in [6.07, 6.45) is 5.61. The average molecular weight is 293 g/mol. The molecule has 2 heterocycles. The number of H-pyrrole nitrogens is 1. The first-order chi connectivity index (χ1) is 9.20. The Labute approximate surface area is 122 Å². The molecule has 0 aromatic carbocycles. The van der Waals surface area contributed by atoms with Crippen LogP contribution in [0.2, 0.25) is 0 Å². The summed E-state index contributed by atoms with van der Waals surface area (Å²) in [5, 5.41) is 0.784. The number of pyridine rings is 1. The highest BCUT2D eigenvalue weighted by molar-refractivity contribution is 7.99. The number of fused-ring (bicyclic) bond motifs is 1.